The molecule has 5 rings (SSSR count). The largest absolute Gasteiger partial charge is 0.601 e. The maximum absolute atomic E-state index is 4.61. The van der Waals surface area contributed by atoms with Gasteiger partial charge in [-0.15, -0.1) is 12.1 Å². The molecule has 0 saturated carbocycles. The number of rotatable bonds is 1. The van der Waals surface area contributed by atoms with Crippen LogP contribution >= 0.6 is 0 Å². The van der Waals surface area contributed by atoms with Gasteiger partial charge in [0.05, 0.1) is 11.4 Å². The molecule has 8 bridgehead atoms. The van der Waals surface area contributed by atoms with E-state index in [1.807, 2.05) is 42.5 Å². The fourth-order valence-electron chi connectivity index (χ4n) is 2.88. The Bertz CT molecular complexity index is 1170. The predicted molar refractivity (Wildman–Crippen MR) is 114 cm³/mol. The minimum Gasteiger partial charge on any atom is -0.601 e. The summed E-state index contributed by atoms with van der Waals surface area (Å²) >= 11 is 0. The van der Waals surface area contributed by atoms with Crippen LogP contribution in [0.4, 0.5) is 0 Å². The van der Waals surface area contributed by atoms with Gasteiger partial charge in [0.1, 0.15) is 0 Å². The van der Waals surface area contributed by atoms with Crippen LogP contribution in [0, 0.1) is 12.7 Å². The van der Waals surface area contributed by atoms with Crippen molar-refractivity contribution in [3.63, 3.8) is 0 Å². The number of hydrogen-bond donors (Lipinski definition) is 2. The third-order valence-electron chi connectivity index (χ3n) is 4.05. The predicted octanol–water partition coefficient (Wildman–Crippen LogP) is 4.86. The number of fused-ring (bicyclic) bond motifs is 8. The molecule has 0 saturated heterocycles. The van der Waals surface area contributed by atoms with E-state index in [4.69, 9.17) is 0 Å². The summed E-state index contributed by atoms with van der Waals surface area (Å²) < 4.78 is 0. The first-order valence-corrected chi connectivity index (χ1v) is 8.61. The van der Waals surface area contributed by atoms with Crippen molar-refractivity contribution in [2.45, 2.75) is 0 Å². The van der Waals surface area contributed by atoms with Crippen molar-refractivity contribution in [1.29, 1.82) is 0 Å². The van der Waals surface area contributed by atoms with Crippen molar-refractivity contribution in [2.75, 3.05) is 0 Å². The van der Waals surface area contributed by atoms with Crippen LogP contribution in [-0.2, 0) is 19.5 Å². The van der Waals surface area contributed by atoms with Crippen LogP contribution in [0.1, 0.15) is 22.8 Å². The zero-order chi connectivity index (χ0) is 19.3. The Morgan fingerprint density at radius 1 is 0.793 bits per heavy atom. The molecule has 5 heterocycles. The summed E-state index contributed by atoms with van der Waals surface area (Å²) in [7, 11) is 0. The van der Waals surface area contributed by atoms with Crippen molar-refractivity contribution in [2.24, 2.45) is 4.99 Å². The van der Waals surface area contributed by atoms with Gasteiger partial charge in [0.25, 0.3) is 0 Å². The van der Waals surface area contributed by atoms with Crippen LogP contribution in [0.3, 0.4) is 0 Å². The second-order valence-corrected chi connectivity index (χ2v) is 6.12. The van der Waals surface area contributed by atoms with E-state index < -0.39 is 0 Å². The van der Waals surface area contributed by atoms with Crippen molar-refractivity contribution in [1.82, 2.24) is 19.9 Å². The van der Waals surface area contributed by atoms with Gasteiger partial charge >= 0.3 is 0 Å². The molecule has 2 aliphatic rings. The number of hydrogen-bond acceptors (Lipinski definition) is 3. The summed E-state index contributed by atoms with van der Waals surface area (Å²) in [6.07, 6.45) is 10.1. The van der Waals surface area contributed by atoms with Crippen LogP contribution < -0.4 is 0 Å². The molecule has 0 fully saturated rings. The van der Waals surface area contributed by atoms with Crippen molar-refractivity contribution >= 4 is 47.0 Å². The number of aromatic nitrogens is 4. The first-order chi connectivity index (χ1) is 13.7. The van der Waals surface area contributed by atoms with Crippen LogP contribution in [-0.4, -0.2) is 26.7 Å². The summed E-state index contributed by atoms with van der Waals surface area (Å²) in [5, 5.41) is 0. The maximum Gasteiger partial charge on any atom is 0.0657 e. The Morgan fingerprint density at radius 3 is 1.97 bits per heavy atom. The zero-order valence-corrected chi connectivity index (χ0v) is 18.6. The zero-order valence-electron chi connectivity index (χ0n) is 15.6. The van der Waals surface area contributed by atoms with Crippen LogP contribution in [0.5, 0.6) is 0 Å². The van der Waals surface area contributed by atoms with E-state index in [0.29, 0.717) is 0 Å². The van der Waals surface area contributed by atoms with Crippen molar-refractivity contribution < 1.29 is 19.5 Å². The van der Waals surface area contributed by atoms with Gasteiger partial charge in [-0.05, 0) is 59.8 Å². The van der Waals surface area contributed by atoms with Crippen LogP contribution in [0.15, 0.2) is 59.7 Å². The molecule has 2 aliphatic heterocycles. The average molecular weight is 428 g/mol. The molecule has 0 aromatic carbocycles. The number of nitrogens with zero attached hydrogens (tertiary/aromatic N) is 3. The van der Waals surface area contributed by atoms with Gasteiger partial charge in [-0.2, -0.15) is 12.8 Å². The first-order valence-electron chi connectivity index (χ1n) is 8.61. The molecule has 5 nitrogen and oxygen atoms in total. The molecular formula is C23H16N5Zn-3. The number of aliphatic imine (C=N–C) groups is 1. The second kappa shape index (κ2) is 9.22. The normalized spacial score (nSPS) is 11.2. The molecule has 138 valence electrons. The van der Waals surface area contributed by atoms with E-state index in [-0.39, 0.29) is 19.5 Å². The minimum absolute atomic E-state index is 0. The molecule has 6 heteroatoms. The molecule has 3 aromatic heterocycles. The van der Waals surface area contributed by atoms with Gasteiger partial charge < -0.3 is 32.7 Å². The van der Waals surface area contributed by atoms with Gasteiger partial charge in [-0.1, -0.05) is 11.8 Å². The van der Waals surface area contributed by atoms with E-state index in [0.717, 1.165) is 51.0 Å². The smallest absolute Gasteiger partial charge is 0.0657 e. The molecule has 0 amide bonds. The Labute approximate surface area is 181 Å². The molecular weight excluding hydrogens is 412 g/mol. The number of nitrogens with one attached hydrogen (secondary N) is 2. The molecule has 2 N–H and O–H groups in total. The molecule has 0 atom stereocenters. The van der Waals surface area contributed by atoms with Gasteiger partial charge in [-0.25, -0.2) is 0 Å². The van der Waals surface area contributed by atoms with Crippen LogP contribution in [0.25, 0.3) is 40.3 Å². The third kappa shape index (κ3) is 5.12. The quantitative estimate of drug-likeness (QED) is 0.228. The molecule has 0 unspecified atom stereocenters. The minimum atomic E-state index is 0. The fraction of sp³-hybridized carbons (Fsp3) is 0. The van der Waals surface area contributed by atoms with Gasteiger partial charge in [0.15, 0.2) is 0 Å². The topological polar surface area (TPSA) is 69.7 Å². The third-order valence-corrected chi connectivity index (χ3v) is 4.05. The van der Waals surface area contributed by atoms with E-state index >= 15 is 0 Å². The van der Waals surface area contributed by atoms with Gasteiger partial charge in [0.2, 0.25) is 0 Å². The molecule has 29 heavy (non-hydrogen) atoms. The Hall–Kier alpha value is -3.37. The van der Waals surface area contributed by atoms with E-state index in [1.54, 1.807) is 0 Å². The fourth-order valence-corrected chi connectivity index (χ4v) is 2.88. The first kappa shape index (κ1) is 20.4. The summed E-state index contributed by atoms with van der Waals surface area (Å²) in [4.78, 5) is 18.8. The molecule has 3 aromatic rings. The van der Waals surface area contributed by atoms with E-state index in [1.165, 1.54) is 0 Å². The summed E-state index contributed by atoms with van der Waals surface area (Å²) in [5.41, 5.74) is 7.59. The number of H-pyrrole nitrogens is 2. The van der Waals surface area contributed by atoms with E-state index in [9.17, 15) is 0 Å². The van der Waals surface area contributed by atoms with E-state index in [2.05, 4.69) is 68.6 Å². The maximum atomic E-state index is 4.61. The molecule has 0 spiro atoms. The average Bonchev–Trinajstić information content (AvgIpc) is 3.47. The summed E-state index contributed by atoms with van der Waals surface area (Å²) in [6, 6.07) is 16.3. The van der Waals surface area contributed by atoms with Crippen LogP contribution in [0.2, 0.25) is 0 Å². The second-order valence-electron chi connectivity index (χ2n) is 6.12. The van der Waals surface area contributed by atoms with Crippen molar-refractivity contribution in [3.8, 4) is 0 Å². The number of aromatic amines is 2. The standard InChI is InChI=1S/C20H13N4.C3H3N.Zn/c1-2-14-10-16-5-6-18(23-16)12-20-8-7-19(24-20)11-17-4-3-15(22-17)9-13(1)21-14;1-3-4-2;/h1-7,9-12,21,23H;1-3H;/q-1;-2;. The van der Waals surface area contributed by atoms with Gasteiger partial charge in [-0.3, -0.25) is 4.98 Å². The Morgan fingerprint density at radius 2 is 1.34 bits per heavy atom. The van der Waals surface area contributed by atoms with Crippen molar-refractivity contribution in [3.05, 3.63) is 90.2 Å². The SMILES string of the molecule is [C-]1=Cc2cc3nc(cc4ccc(cc5ccc(cc1n2)[nH]5)[nH]4)C=C3.[CH-]=CN=[CH-].[Zn]. The summed E-state index contributed by atoms with van der Waals surface area (Å²) in [5.74, 6) is 0. The Kier molecular flexibility index (Phi) is 6.47. The molecule has 0 aliphatic carbocycles. The monoisotopic (exact) mass is 426 g/mol. The molecule has 0 radical (unpaired) electrons. The Balaban J connectivity index is 0.000000443. The van der Waals surface area contributed by atoms with Gasteiger partial charge in [0, 0.05) is 36.0 Å². The summed E-state index contributed by atoms with van der Waals surface area (Å²) in [6.45, 7) is 9.08.